The molecule has 2 N–H and O–H groups in total. The van der Waals surface area contributed by atoms with Crippen LogP contribution in [-0.2, 0) is 15.0 Å². The van der Waals surface area contributed by atoms with Crippen molar-refractivity contribution in [2.75, 3.05) is 11.9 Å². The zero-order valence-corrected chi connectivity index (χ0v) is 13.9. The molecule has 0 unspecified atom stereocenters. The topological polar surface area (TPSA) is 58.2 Å². The molecule has 2 saturated carbocycles. The van der Waals surface area contributed by atoms with Gasteiger partial charge in [0.25, 0.3) is 0 Å². The lowest BCUT2D eigenvalue weighted by Crippen LogP contribution is -2.46. The van der Waals surface area contributed by atoms with Crippen molar-refractivity contribution in [1.82, 2.24) is 5.32 Å². The SMILES string of the molecule is CC(=O)Nc1ccc(C2(C(=O)NCC3CC3)CCCCC2)cc1. The number of rotatable bonds is 5. The summed E-state index contributed by atoms with van der Waals surface area (Å²) in [6.07, 6.45) is 7.75. The quantitative estimate of drug-likeness (QED) is 0.875. The summed E-state index contributed by atoms with van der Waals surface area (Å²) in [5.74, 6) is 0.811. The van der Waals surface area contributed by atoms with E-state index in [9.17, 15) is 9.59 Å². The maximum absolute atomic E-state index is 12.9. The van der Waals surface area contributed by atoms with Crippen LogP contribution in [0, 0.1) is 5.92 Å². The molecule has 23 heavy (non-hydrogen) atoms. The highest BCUT2D eigenvalue weighted by molar-refractivity contribution is 5.90. The molecular weight excluding hydrogens is 288 g/mol. The maximum atomic E-state index is 12.9. The average molecular weight is 314 g/mol. The van der Waals surface area contributed by atoms with Crippen LogP contribution in [0.5, 0.6) is 0 Å². The Kier molecular flexibility index (Phi) is 4.69. The second kappa shape index (κ2) is 6.73. The van der Waals surface area contributed by atoms with Crippen molar-refractivity contribution in [1.29, 1.82) is 0 Å². The first-order valence-electron chi connectivity index (χ1n) is 8.77. The molecule has 0 bridgehead atoms. The number of anilines is 1. The van der Waals surface area contributed by atoms with Gasteiger partial charge in [-0.3, -0.25) is 9.59 Å². The minimum absolute atomic E-state index is 0.0766. The Labute approximate surface area is 138 Å². The van der Waals surface area contributed by atoms with E-state index in [-0.39, 0.29) is 17.2 Å². The fraction of sp³-hybridized carbons (Fsp3) is 0.579. The molecule has 2 amide bonds. The van der Waals surface area contributed by atoms with E-state index in [4.69, 9.17) is 0 Å². The molecule has 4 nitrogen and oxygen atoms in total. The van der Waals surface area contributed by atoms with Gasteiger partial charge in [-0.1, -0.05) is 31.4 Å². The fourth-order valence-electron chi connectivity index (χ4n) is 3.61. The third-order valence-corrected chi connectivity index (χ3v) is 5.15. The summed E-state index contributed by atoms with van der Waals surface area (Å²) >= 11 is 0. The predicted molar refractivity (Wildman–Crippen MR) is 91.2 cm³/mol. The van der Waals surface area contributed by atoms with E-state index in [2.05, 4.69) is 10.6 Å². The Hall–Kier alpha value is -1.84. The molecule has 1 aromatic carbocycles. The summed E-state index contributed by atoms with van der Waals surface area (Å²) in [7, 11) is 0. The zero-order chi connectivity index (χ0) is 16.3. The van der Waals surface area contributed by atoms with Crippen molar-refractivity contribution in [2.24, 2.45) is 5.92 Å². The van der Waals surface area contributed by atoms with Crippen molar-refractivity contribution in [3.63, 3.8) is 0 Å². The highest BCUT2D eigenvalue weighted by Crippen LogP contribution is 2.40. The second-order valence-corrected chi connectivity index (χ2v) is 7.05. The summed E-state index contributed by atoms with van der Waals surface area (Å²) in [6, 6.07) is 7.82. The van der Waals surface area contributed by atoms with E-state index in [1.165, 1.54) is 26.2 Å². The second-order valence-electron chi connectivity index (χ2n) is 7.05. The van der Waals surface area contributed by atoms with Crippen LogP contribution >= 0.6 is 0 Å². The minimum Gasteiger partial charge on any atom is -0.355 e. The fourth-order valence-corrected chi connectivity index (χ4v) is 3.61. The summed E-state index contributed by atoms with van der Waals surface area (Å²) in [5.41, 5.74) is 1.48. The van der Waals surface area contributed by atoms with Gasteiger partial charge in [0.15, 0.2) is 0 Å². The third-order valence-electron chi connectivity index (χ3n) is 5.15. The van der Waals surface area contributed by atoms with Crippen LogP contribution in [0.4, 0.5) is 5.69 Å². The molecule has 0 spiro atoms. The first kappa shape index (κ1) is 16.0. The van der Waals surface area contributed by atoms with E-state index >= 15 is 0 Å². The summed E-state index contributed by atoms with van der Waals surface area (Å²) in [6.45, 7) is 2.33. The van der Waals surface area contributed by atoms with Crippen LogP contribution in [0.25, 0.3) is 0 Å². The van der Waals surface area contributed by atoms with Crippen molar-refractivity contribution in [2.45, 2.75) is 57.3 Å². The molecule has 0 aliphatic heterocycles. The van der Waals surface area contributed by atoms with Crippen molar-refractivity contribution in [3.05, 3.63) is 29.8 Å². The lowest BCUT2D eigenvalue weighted by molar-refractivity contribution is -0.128. The largest absolute Gasteiger partial charge is 0.355 e. The number of carbonyl (C=O) groups is 2. The molecule has 0 aromatic heterocycles. The standard InChI is InChI=1S/C19H26N2O2/c1-14(22)21-17-9-7-16(8-10-17)19(11-3-2-4-12-19)18(23)20-13-15-5-6-15/h7-10,15H,2-6,11-13H2,1H3,(H,20,23)(H,21,22). The number of amides is 2. The van der Waals surface area contributed by atoms with E-state index in [1.54, 1.807) is 0 Å². The Bertz CT molecular complexity index is 570. The summed E-state index contributed by atoms with van der Waals surface area (Å²) in [5, 5.41) is 5.98. The molecule has 0 radical (unpaired) electrons. The van der Waals surface area contributed by atoms with Gasteiger partial charge in [-0.15, -0.1) is 0 Å². The van der Waals surface area contributed by atoms with Gasteiger partial charge in [0.2, 0.25) is 11.8 Å². The van der Waals surface area contributed by atoms with Crippen molar-refractivity contribution in [3.8, 4) is 0 Å². The smallest absolute Gasteiger partial charge is 0.230 e. The number of hydrogen-bond acceptors (Lipinski definition) is 2. The molecule has 0 saturated heterocycles. The van der Waals surface area contributed by atoms with Gasteiger partial charge in [-0.2, -0.15) is 0 Å². The number of carbonyl (C=O) groups excluding carboxylic acids is 2. The summed E-state index contributed by atoms with van der Waals surface area (Å²) < 4.78 is 0. The number of benzene rings is 1. The lowest BCUT2D eigenvalue weighted by Gasteiger charge is -2.36. The van der Waals surface area contributed by atoms with Crippen LogP contribution in [0.15, 0.2) is 24.3 Å². The Balaban J connectivity index is 1.79. The van der Waals surface area contributed by atoms with E-state index in [1.807, 2.05) is 24.3 Å². The van der Waals surface area contributed by atoms with Gasteiger partial charge in [-0.05, 0) is 49.3 Å². The minimum atomic E-state index is -0.387. The van der Waals surface area contributed by atoms with Gasteiger partial charge in [-0.25, -0.2) is 0 Å². The molecule has 0 heterocycles. The van der Waals surface area contributed by atoms with E-state index < -0.39 is 0 Å². The molecule has 4 heteroatoms. The Morgan fingerprint density at radius 3 is 2.30 bits per heavy atom. The Morgan fingerprint density at radius 2 is 1.74 bits per heavy atom. The summed E-state index contributed by atoms with van der Waals surface area (Å²) in [4.78, 5) is 24.1. The highest BCUT2D eigenvalue weighted by Gasteiger charge is 2.41. The van der Waals surface area contributed by atoms with Crippen LogP contribution in [0.3, 0.4) is 0 Å². The van der Waals surface area contributed by atoms with Crippen LogP contribution in [0.2, 0.25) is 0 Å². The first-order valence-corrected chi connectivity index (χ1v) is 8.77. The van der Waals surface area contributed by atoms with Gasteiger partial charge in [0.05, 0.1) is 5.41 Å². The number of nitrogens with one attached hydrogen (secondary N) is 2. The molecule has 1 aromatic rings. The molecule has 3 rings (SSSR count). The van der Waals surface area contributed by atoms with Gasteiger partial charge < -0.3 is 10.6 Å². The molecule has 0 atom stereocenters. The zero-order valence-electron chi connectivity index (χ0n) is 13.9. The van der Waals surface area contributed by atoms with Crippen LogP contribution < -0.4 is 10.6 Å². The van der Waals surface area contributed by atoms with Gasteiger partial charge in [0, 0.05) is 19.2 Å². The normalized spacial score (nSPS) is 19.9. The average Bonchev–Trinajstić information content (AvgIpc) is 3.37. The Morgan fingerprint density at radius 1 is 1.09 bits per heavy atom. The third kappa shape index (κ3) is 3.74. The lowest BCUT2D eigenvalue weighted by atomic mass is 9.68. The molecule has 2 fully saturated rings. The van der Waals surface area contributed by atoms with E-state index in [0.717, 1.165) is 43.5 Å². The van der Waals surface area contributed by atoms with Gasteiger partial charge >= 0.3 is 0 Å². The van der Waals surface area contributed by atoms with Crippen LogP contribution in [0.1, 0.15) is 57.4 Å². The molecule has 124 valence electrons. The molecular formula is C19H26N2O2. The maximum Gasteiger partial charge on any atom is 0.230 e. The molecule has 2 aliphatic rings. The predicted octanol–water partition coefficient (Wildman–Crippen LogP) is 3.37. The van der Waals surface area contributed by atoms with Crippen LogP contribution in [-0.4, -0.2) is 18.4 Å². The monoisotopic (exact) mass is 314 g/mol. The first-order chi connectivity index (χ1) is 11.1. The van der Waals surface area contributed by atoms with Crippen molar-refractivity contribution < 1.29 is 9.59 Å². The number of hydrogen-bond donors (Lipinski definition) is 2. The van der Waals surface area contributed by atoms with Gasteiger partial charge in [0.1, 0.15) is 0 Å². The highest BCUT2D eigenvalue weighted by atomic mass is 16.2. The van der Waals surface area contributed by atoms with Crippen molar-refractivity contribution >= 4 is 17.5 Å². The molecule has 2 aliphatic carbocycles. The van der Waals surface area contributed by atoms with E-state index in [0.29, 0.717) is 5.92 Å².